The van der Waals surface area contributed by atoms with Gasteiger partial charge in [0.2, 0.25) is 0 Å². The van der Waals surface area contributed by atoms with Crippen molar-refractivity contribution in [2.45, 2.75) is 64.5 Å². The van der Waals surface area contributed by atoms with Gasteiger partial charge in [0.1, 0.15) is 0 Å². The molecule has 114 valence electrons. The lowest BCUT2D eigenvalue weighted by atomic mass is 9.92. The molecule has 0 amide bonds. The molecule has 0 aliphatic heterocycles. The summed E-state index contributed by atoms with van der Waals surface area (Å²) in [6.07, 6.45) is 5.66. The van der Waals surface area contributed by atoms with E-state index in [1.807, 2.05) is 20.9 Å². The lowest BCUT2D eigenvalue weighted by Crippen LogP contribution is -2.48. The van der Waals surface area contributed by atoms with E-state index in [9.17, 15) is 8.42 Å². The molecule has 1 aliphatic rings. The van der Waals surface area contributed by atoms with E-state index < -0.39 is 10.2 Å². The maximum Gasteiger partial charge on any atom is 0.279 e. The van der Waals surface area contributed by atoms with Gasteiger partial charge in [0.05, 0.1) is 0 Å². The molecule has 0 aromatic heterocycles. The summed E-state index contributed by atoms with van der Waals surface area (Å²) in [5, 5.41) is 3.26. The molecular weight excluding hydrogens is 262 g/mol. The molecule has 0 bridgehead atoms. The molecule has 2 N–H and O–H groups in total. The standard InChI is InChI=1S/C13H29N3O2S/c1-4-10-16(11-5-2)19(17,18)15-13-8-6-12(14-3)7-9-13/h12-15H,4-11H2,1-3H3. The Hall–Kier alpha value is -0.170. The molecule has 0 aromatic rings. The van der Waals surface area contributed by atoms with Crippen molar-refractivity contribution in [1.82, 2.24) is 14.3 Å². The van der Waals surface area contributed by atoms with Crippen molar-refractivity contribution >= 4 is 10.2 Å². The largest absolute Gasteiger partial charge is 0.317 e. The predicted octanol–water partition coefficient (Wildman–Crippen LogP) is 1.47. The second-order valence-corrected chi connectivity index (χ2v) is 7.06. The van der Waals surface area contributed by atoms with E-state index in [-0.39, 0.29) is 6.04 Å². The molecule has 1 fully saturated rings. The van der Waals surface area contributed by atoms with Crippen LogP contribution in [-0.2, 0) is 10.2 Å². The average Bonchev–Trinajstić information content (AvgIpc) is 2.39. The fraction of sp³-hybridized carbons (Fsp3) is 1.00. The maximum absolute atomic E-state index is 12.3. The summed E-state index contributed by atoms with van der Waals surface area (Å²) >= 11 is 0. The molecule has 0 radical (unpaired) electrons. The van der Waals surface area contributed by atoms with E-state index in [1.54, 1.807) is 4.31 Å². The summed E-state index contributed by atoms with van der Waals surface area (Å²) in [6.45, 7) is 5.23. The summed E-state index contributed by atoms with van der Waals surface area (Å²) < 4.78 is 29.1. The molecule has 0 heterocycles. The highest BCUT2D eigenvalue weighted by Gasteiger charge is 2.27. The zero-order valence-electron chi connectivity index (χ0n) is 12.5. The third-order valence-corrected chi connectivity index (χ3v) is 5.41. The Morgan fingerprint density at radius 3 is 1.89 bits per heavy atom. The first-order chi connectivity index (χ1) is 9.03. The van der Waals surface area contributed by atoms with Crippen LogP contribution in [0.2, 0.25) is 0 Å². The van der Waals surface area contributed by atoms with E-state index in [0.29, 0.717) is 19.1 Å². The highest BCUT2D eigenvalue weighted by molar-refractivity contribution is 7.87. The molecule has 0 atom stereocenters. The van der Waals surface area contributed by atoms with Gasteiger partial charge in [-0.25, -0.2) is 0 Å². The van der Waals surface area contributed by atoms with Crippen LogP contribution < -0.4 is 10.0 Å². The van der Waals surface area contributed by atoms with Gasteiger partial charge in [0, 0.05) is 25.2 Å². The van der Waals surface area contributed by atoms with Crippen molar-refractivity contribution in [1.29, 1.82) is 0 Å². The Kier molecular flexibility index (Phi) is 7.28. The van der Waals surface area contributed by atoms with Gasteiger partial charge in [-0.1, -0.05) is 13.8 Å². The van der Waals surface area contributed by atoms with Gasteiger partial charge in [-0.05, 0) is 45.6 Å². The maximum atomic E-state index is 12.3. The van der Waals surface area contributed by atoms with Gasteiger partial charge in [-0.3, -0.25) is 0 Å². The Morgan fingerprint density at radius 2 is 1.47 bits per heavy atom. The van der Waals surface area contributed by atoms with Gasteiger partial charge in [0.25, 0.3) is 10.2 Å². The molecule has 0 saturated heterocycles. The fourth-order valence-corrected chi connectivity index (χ4v) is 4.29. The zero-order valence-corrected chi connectivity index (χ0v) is 13.3. The quantitative estimate of drug-likeness (QED) is 0.712. The second kappa shape index (κ2) is 8.19. The van der Waals surface area contributed by atoms with E-state index in [1.165, 1.54) is 0 Å². The normalized spacial score (nSPS) is 24.8. The minimum absolute atomic E-state index is 0.103. The molecule has 0 unspecified atom stereocenters. The Bertz CT molecular complexity index is 332. The summed E-state index contributed by atoms with van der Waals surface area (Å²) in [5.74, 6) is 0. The van der Waals surface area contributed by atoms with E-state index >= 15 is 0 Å². The molecule has 0 aromatic carbocycles. The molecule has 1 aliphatic carbocycles. The smallest absolute Gasteiger partial charge is 0.279 e. The Balaban J connectivity index is 2.53. The minimum Gasteiger partial charge on any atom is -0.317 e. The number of hydrogen-bond acceptors (Lipinski definition) is 3. The van der Waals surface area contributed by atoms with Crippen molar-refractivity contribution in [2.75, 3.05) is 20.1 Å². The van der Waals surface area contributed by atoms with Gasteiger partial charge in [-0.2, -0.15) is 17.4 Å². The van der Waals surface area contributed by atoms with Gasteiger partial charge >= 0.3 is 0 Å². The summed E-state index contributed by atoms with van der Waals surface area (Å²) in [4.78, 5) is 0. The first-order valence-electron chi connectivity index (χ1n) is 7.48. The number of nitrogens with zero attached hydrogens (tertiary/aromatic N) is 1. The third kappa shape index (κ3) is 5.38. The topological polar surface area (TPSA) is 61.4 Å². The summed E-state index contributed by atoms with van der Waals surface area (Å²) in [6, 6.07) is 0.647. The Morgan fingerprint density at radius 1 is 1.00 bits per heavy atom. The number of rotatable bonds is 8. The van der Waals surface area contributed by atoms with Crippen LogP contribution in [0.1, 0.15) is 52.4 Å². The first-order valence-corrected chi connectivity index (χ1v) is 8.92. The van der Waals surface area contributed by atoms with Crippen molar-refractivity contribution in [3.05, 3.63) is 0 Å². The SMILES string of the molecule is CCCN(CCC)S(=O)(=O)NC1CCC(NC)CC1. The number of hydrogen-bond donors (Lipinski definition) is 2. The van der Waals surface area contributed by atoms with Crippen molar-refractivity contribution in [2.24, 2.45) is 0 Å². The van der Waals surface area contributed by atoms with Gasteiger partial charge in [-0.15, -0.1) is 0 Å². The lowest BCUT2D eigenvalue weighted by molar-refractivity contribution is 0.330. The number of nitrogens with one attached hydrogen (secondary N) is 2. The zero-order chi connectivity index (χ0) is 14.3. The lowest BCUT2D eigenvalue weighted by Gasteiger charge is -2.31. The van der Waals surface area contributed by atoms with Crippen LogP contribution in [0, 0.1) is 0 Å². The Labute approximate surface area is 118 Å². The average molecular weight is 291 g/mol. The molecule has 5 nitrogen and oxygen atoms in total. The van der Waals surface area contributed by atoms with Crippen LogP contribution in [0.5, 0.6) is 0 Å². The van der Waals surface area contributed by atoms with Crippen LogP contribution in [0.15, 0.2) is 0 Å². The molecule has 19 heavy (non-hydrogen) atoms. The predicted molar refractivity (Wildman–Crippen MR) is 79.3 cm³/mol. The first kappa shape index (κ1) is 16.9. The monoisotopic (exact) mass is 291 g/mol. The van der Waals surface area contributed by atoms with Crippen LogP contribution >= 0.6 is 0 Å². The molecular formula is C13H29N3O2S. The van der Waals surface area contributed by atoms with E-state index in [4.69, 9.17) is 0 Å². The highest BCUT2D eigenvalue weighted by Crippen LogP contribution is 2.19. The molecule has 1 rings (SSSR count). The van der Waals surface area contributed by atoms with Crippen molar-refractivity contribution in [3.8, 4) is 0 Å². The van der Waals surface area contributed by atoms with Gasteiger partial charge in [0.15, 0.2) is 0 Å². The molecule has 1 saturated carbocycles. The third-order valence-electron chi connectivity index (χ3n) is 3.74. The minimum atomic E-state index is -3.31. The molecule has 6 heteroatoms. The van der Waals surface area contributed by atoms with E-state index in [2.05, 4.69) is 10.0 Å². The summed E-state index contributed by atoms with van der Waals surface area (Å²) in [7, 11) is -1.34. The van der Waals surface area contributed by atoms with Crippen molar-refractivity contribution < 1.29 is 8.42 Å². The van der Waals surface area contributed by atoms with Crippen LogP contribution in [0.25, 0.3) is 0 Å². The fourth-order valence-electron chi connectivity index (χ4n) is 2.64. The summed E-state index contributed by atoms with van der Waals surface area (Å²) in [5.41, 5.74) is 0. The highest BCUT2D eigenvalue weighted by atomic mass is 32.2. The van der Waals surface area contributed by atoms with E-state index in [0.717, 1.165) is 38.5 Å². The van der Waals surface area contributed by atoms with Crippen molar-refractivity contribution in [3.63, 3.8) is 0 Å². The van der Waals surface area contributed by atoms with Crippen LogP contribution in [0.4, 0.5) is 0 Å². The second-order valence-electron chi connectivity index (χ2n) is 5.36. The molecule has 0 spiro atoms. The van der Waals surface area contributed by atoms with Crippen LogP contribution in [0.3, 0.4) is 0 Å². The van der Waals surface area contributed by atoms with Gasteiger partial charge < -0.3 is 5.32 Å². The van der Waals surface area contributed by atoms with Crippen LogP contribution in [-0.4, -0.2) is 44.9 Å².